The number of rotatable bonds is 5. The van der Waals surface area contributed by atoms with E-state index in [1.807, 2.05) is 0 Å². The fraction of sp³-hybridized carbons (Fsp3) is 0.571. The van der Waals surface area contributed by atoms with E-state index in [-0.39, 0.29) is 12.0 Å². The summed E-state index contributed by atoms with van der Waals surface area (Å²) in [7, 11) is 1.51. The smallest absolute Gasteiger partial charge is 0.388 e. The van der Waals surface area contributed by atoms with E-state index in [1.54, 1.807) is 13.8 Å². The van der Waals surface area contributed by atoms with Crippen molar-refractivity contribution in [2.75, 3.05) is 7.11 Å². The first-order chi connectivity index (χ1) is 9.05. The molecular formula is C14H18F4O2. The van der Waals surface area contributed by atoms with Gasteiger partial charge in [-0.05, 0) is 50.5 Å². The monoisotopic (exact) mass is 294 g/mol. The highest BCUT2D eigenvalue weighted by atomic mass is 19.4. The molecule has 114 valence electrons. The second-order valence-corrected chi connectivity index (χ2v) is 5.29. The molecule has 1 unspecified atom stereocenters. The van der Waals surface area contributed by atoms with Crippen LogP contribution in [-0.2, 0) is 10.9 Å². The number of hydrogen-bond acceptors (Lipinski definition) is 2. The third-order valence-electron chi connectivity index (χ3n) is 3.20. The molecule has 2 nitrogen and oxygen atoms in total. The Bertz CT molecular complexity index is 455. The van der Waals surface area contributed by atoms with Gasteiger partial charge < -0.3 is 9.84 Å². The molecule has 0 fully saturated rings. The van der Waals surface area contributed by atoms with E-state index in [0.717, 1.165) is 12.1 Å². The minimum absolute atomic E-state index is 0.0794. The fourth-order valence-corrected chi connectivity index (χ4v) is 1.72. The van der Waals surface area contributed by atoms with Crippen molar-refractivity contribution in [3.05, 3.63) is 35.1 Å². The molecular weight excluding hydrogens is 276 g/mol. The van der Waals surface area contributed by atoms with E-state index in [0.29, 0.717) is 12.5 Å². The van der Waals surface area contributed by atoms with E-state index in [2.05, 4.69) is 0 Å². The van der Waals surface area contributed by atoms with Gasteiger partial charge in [0.2, 0.25) is 0 Å². The number of ether oxygens (including phenoxy) is 1. The molecule has 0 aliphatic heterocycles. The fourth-order valence-electron chi connectivity index (χ4n) is 1.72. The Balaban J connectivity index is 2.88. The number of methoxy groups -OCH3 is 1. The maximum absolute atomic E-state index is 13.2. The van der Waals surface area contributed by atoms with E-state index in [1.165, 1.54) is 7.11 Å². The lowest BCUT2D eigenvalue weighted by atomic mass is 9.95. The molecule has 1 aromatic carbocycles. The van der Waals surface area contributed by atoms with Gasteiger partial charge in [0.25, 0.3) is 0 Å². The maximum atomic E-state index is 13.2. The first kappa shape index (κ1) is 16.9. The number of aliphatic hydroxyl groups is 1. The molecule has 0 aliphatic carbocycles. The zero-order valence-electron chi connectivity index (χ0n) is 11.6. The Kier molecular flexibility index (Phi) is 5.15. The molecule has 0 spiro atoms. The lowest BCUT2D eigenvalue weighted by Gasteiger charge is -2.24. The summed E-state index contributed by atoms with van der Waals surface area (Å²) in [4.78, 5) is 0. The summed E-state index contributed by atoms with van der Waals surface area (Å²) >= 11 is 0. The van der Waals surface area contributed by atoms with Gasteiger partial charge in [0, 0.05) is 7.11 Å². The highest BCUT2D eigenvalue weighted by Crippen LogP contribution is 2.33. The third kappa shape index (κ3) is 4.76. The van der Waals surface area contributed by atoms with E-state index in [9.17, 15) is 22.7 Å². The predicted octanol–water partition coefficient (Wildman–Crippen LogP) is 4.08. The first-order valence-corrected chi connectivity index (χ1v) is 6.16. The number of aliphatic hydroxyl groups excluding tert-OH is 1. The van der Waals surface area contributed by atoms with Crippen molar-refractivity contribution in [2.45, 2.75) is 44.6 Å². The van der Waals surface area contributed by atoms with Gasteiger partial charge in [-0.25, -0.2) is 4.39 Å². The molecule has 1 N–H and O–H groups in total. The first-order valence-electron chi connectivity index (χ1n) is 6.16. The van der Waals surface area contributed by atoms with Gasteiger partial charge in [0.15, 0.2) is 0 Å². The Morgan fingerprint density at radius 1 is 1.20 bits per heavy atom. The van der Waals surface area contributed by atoms with E-state index >= 15 is 0 Å². The second-order valence-electron chi connectivity index (χ2n) is 5.29. The molecule has 0 bridgehead atoms. The summed E-state index contributed by atoms with van der Waals surface area (Å²) < 4.78 is 56.1. The van der Waals surface area contributed by atoms with Crippen LogP contribution in [0.25, 0.3) is 0 Å². The molecule has 1 rings (SSSR count). The molecule has 0 aliphatic rings. The van der Waals surface area contributed by atoms with Gasteiger partial charge in [0.05, 0.1) is 17.3 Å². The van der Waals surface area contributed by atoms with Crippen molar-refractivity contribution in [3.8, 4) is 0 Å². The van der Waals surface area contributed by atoms with Gasteiger partial charge in [-0.15, -0.1) is 0 Å². The molecule has 0 radical (unpaired) electrons. The van der Waals surface area contributed by atoms with Gasteiger partial charge in [-0.3, -0.25) is 0 Å². The van der Waals surface area contributed by atoms with Crippen molar-refractivity contribution in [3.63, 3.8) is 0 Å². The van der Waals surface area contributed by atoms with Gasteiger partial charge in [-0.2, -0.15) is 13.2 Å². The molecule has 0 saturated carbocycles. The van der Waals surface area contributed by atoms with Crippen LogP contribution in [0, 0.1) is 5.82 Å². The van der Waals surface area contributed by atoms with Crippen molar-refractivity contribution < 1.29 is 27.4 Å². The lowest BCUT2D eigenvalue weighted by Crippen LogP contribution is -2.23. The highest BCUT2D eigenvalue weighted by molar-refractivity contribution is 5.28. The van der Waals surface area contributed by atoms with E-state index < -0.39 is 29.3 Å². The predicted molar refractivity (Wildman–Crippen MR) is 66.7 cm³/mol. The Morgan fingerprint density at radius 3 is 2.30 bits per heavy atom. The summed E-state index contributed by atoms with van der Waals surface area (Å²) in [6.07, 6.45) is -5.19. The molecule has 1 aromatic rings. The van der Waals surface area contributed by atoms with Crippen LogP contribution in [0.15, 0.2) is 18.2 Å². The van der Waals surface area contributed by atoms with Crippen LogP contribution in [0.5, 0.6) is 0 Å². The maximum Gasteiger partial charge on any atom is 0.416 e. The Labute approximate surface area is 115 Å². The van der Waals surface area contributed by atoms with Crippen molar-refractivity contribution in [1.82, 2.24) is 0 Å². The summed E-state index contributed by atoms with van der Waals surface area (Å²) in [6.45, 7) is 3.60. The molecule has 0 aromatic heterocycles. The van der Waals surface area contributed by atoms with E-state index in [4.69, 9.17) is 4.74 Å². The Hall–Kier alpha value is -1.14. The zero-order valence-corrected chi connectivity index (χ0v) is 11.6. The summed E-state index contributed by atoms with van der Waals surface area (Å²) in [5, 5.41) is 9.90. The van der Waals surface area contributed by atoms with Crippen LogP contribution in [-0.4, -0.2) is 17.8 Å². The average Bonchev–Trinajstić information content (AvgIpc) is 2.34. The molecule has 0 heterocycles. The second kappa shape index (κ2) is 6.10. The van der Waals surface area contributed by atoms with Crippen molar-refractivity contribution in [2.24, 2.45) is 0 Å². The van der Waals surface area contributed by atoms with Crippen LogP contribution in [0.3, 0.4) is 0 Å². The van der Waals surface area contributed by atoms with Crippen molar-refractivity contribution >= 4 is 0 Å². The summed E-state index contributed by atoms with van der Waals surface area (Å²) in [5.41, 5.74) is -1.68. The lowest BCUT2D eigenvalue weighted by molar-refractivity contribution is -0.137. The van der Waals surface area contributed by atoms with Crippen LogP contribution in [0.4, 0.5) is 17.6 Å². The number of hydrogen-bond donors (Lipinski definition) is 1. The average molecular weight is 294 g/mol. The summed E-state index contributed by atoms with van der Waals surface area (Å²) in [6, 6.07) is 2.10. The third-order valence-corrected chi connectivity index (χ3v) is 3.20. The van der Waals surface area contributed by atoms with Crippen LogP contribution >= 0.6 is 0 Å². The van der Waals surface area contributed by atoms with Crippen molar-refractivity contribution in [1.29, 1.82) is 0 Å². The number of alkyl halides is 3. The molecule has 1 atom stereocenters. The quantitative estimate of drug-likeness (QED) is 0.829. The number of halogens is 4. The number of benzene rings is 1. The normalized spacial score (nSPS) is 14.4. The van der Waals surface area contributed by atoms with Gasteiger partial charge in [-0.1, -0.05) is 0 Å². The minimum Gasteiger partial charge on any atom is -0.388 e. The molecule has 20 heavy (non-hydrogen) atoms. The summed E-state index contributed by atoms with van der Waals surface area (Å²) in [5.74, 6) is -1.01. The Morgan fingerprint density at radius 2 is 1.80 bits per heavy atom. The molecule has 0 saturated heterocycles. The molecule has 6 heteroatoms. The zero-order chi connectivity index (χ0) is 15.6. The minimum atomic E-state index is -4.64. The van der Waals surface area contributed by atoms with Crippen LogP contribution < -0.4 is 0 Å². The van der Waals surface area contributed by atoms with Gasteiger partial charge >= 0.3 is 6.18 Å². The topological polar surface area (TPSA) is 29.5 Å². The van der Waals surface area contributed by atoms with Crippen LogP contribution in [0.1, 0.15) is 43.9 Å². The van der Waals surface area contributed by atoms with Crippen LogP contribution in [0.2, 0.25) is 0 Å². The standard InChI is InChI=1S/C14H18F4O2/c1-13(2,20-3)5-4-12(19)9-6-10(14(16,17)18)8-11(15)7-9/h6-8,12,19H,4-5H2,1-3H3. The van der Waals surface area contributed by atoms with Gasteiger partial charge in [0.1, 0.15) is 5.82 Å². The highest BCUT2D eigenvalue weighted by Gasteiger charge is 2.32. The SMILES string of the molecule is COC(C)(C)CCC(O)c1cc(F)cc(C(F)(F)F)c1. The molecule has 0 amide bonds. The largest absolute Gasteiger partial charge is 0.416 e.